The average Bonchev–Trinajstić information content (AvgIpc) is 1.85. The maximum absolute atomic E-state index is 8.33. The van der Waals surface area contributed by atoms with Crippen LogP contribution in [0.15, 0.2) is 0 Å². The minimum Gasteiger partial charge on any atom is -0.652 e. The van der Waals surface area contributed by atoms with Crippen LogP contribution >= 0.6 is 0 Å². The molecular formula is C6H10O6Pu-4. The Morgan fingerprint density at radius 1 is 0.846 bits per heavy atom. The van der Waals surface area contributed by atoms with E-state index in [1.54, 1.807) is 0 Å². The molecule has 0 aromatic carbocycles. The van der Waals surface area contributed by atoms with Crippen LogP contribution in [-0.2, 0) is 0 Å². The Balaban J connectivity index is -0.0000000450. The standard InChI is InChI=1S/C4H10.2CH2O3.Pu/c1-3-4-2;2*2-1(3)4;/h3-4H2,1-2H3;2*(H2,2,3,4);/p-4. The van der Waals surface area contributed by atoms with E-state index >= 15 is 0 Å². The Hall–Kier alpha value is -0.473. The summed E-state index contributed by atoms with van der Waals surface area (Å²) in [6.07, 6.45) is -2.03. The van der Waals surface area contributed by atoms with E-state index in [4.69, 9.17) is 30.0 Å². The first kappa shape index (κ1) is 22.9. The molecule has 0 N–H and O–H groups in total. The van der Waals surface area contributed by atoms with E-state index in [2.05, 4.69) is 13.8 Å². The number of rotatable bonds is 1. The van der Waals surface area contributed by atoms with Crippen LogP contribution in [0.2, 0.25) is 0 Å². The summed E-state index contributed by atoms with van der Waals surface area (Å²) in [7, 11) is 0. The van der Waals surface area contributed by atoms with Crippen molar-refractivity contribution in [1.82, 2.24) is 0 Å². The minimum atomic E-state index is -2.33. The molecule has 0 spiro atoms. The van der Waals surface area contributed by atoms with Crippen molar-refractivity contribution in [2.75, 3.05) is 0 Å². The molecule has 0 saturated heterocycles. The first-order chi connectivity index (χ1) is 5.38. The van der Waals surface area contributed by atoms with Crippen LogP contribution < -0.4 is 20.4 Å². The van der Waals surface area contributed by atoms with Crippen LogP contribution in [0.4, 0.5) is 9.59 Å². The van der Waals surface area contributed by atoms with Crippen molar-refractivity contribution in [2.24, 2.45) is 0 Å². The van der Waals surface area contributed by atoms with Crippen LogP contribution in [-0.4, -0.2) is 12.3 Å². The second-order valence-corrected chi connectivity index (χ2v) is 1.50. The zero-order chi connectivity index (χ0) is 10.6. The second kappa shape index (κ2) is 22.5. The molecule has 0 fully saturated rings. The number of carboxylic acid groups (broad SMARTS) is 4. The van der Waals surface area contributed by atoms with Crippen molar-refractivity contribution in [2.45, 2.75) is 26.7 Å². The van der Waals surface area contributed by atoms with E-state index in [1.165, 1.54) is 12.8 Å². The first-order valence-corrected chi connectivity index (χ1v) is 3.14. The molecule has 0 amide bonds. The van der Waals surface area contributed by atoms with E-state index < -0.39 is 12.3 Å². The van der Waals surface area contributed by atoms with Crippen molar-refractivity contribution >= 4 is 12.3 Å². The van der Waals surface area contributed by atoms with Crippen molar-refractivity contribution < 1.29 is 59.2 Å². The maximum Gasteiger partial charge on any atom is 0 e. The van der Waals surface area contributed by atoms with Gasteiger partial charge in [0.2, 0.25) is 0 Å². The van der Waals surface area contributed by atoms with Crippen LogP contribution in [0.1, 0.15) is 26.7 Å². The van der Waals surface area contributed by atoms with Crippen LogP contribution in [0.25, 0.3) is 0 Å². The zero-order valence-corrected chi connectivity index (χ0v) is 10.7. The predicted molar refractivity (Wildman–Crippen MR) is 31.4 cm³/mol. The third-order valence-electron chi connectivity index (χ3n) is 0.500. The van der Waals surface area contributed by atoms with E-state index in [-0.39, 0.29) is 29.2 Å². The molecule has 0 rings (SSSR count). The number of carbonyl (C=O) groups excluding carboxylic acids is 2. The van der Waals surface area contributed by atoms with Gasteiger partial charge in [0.1, 0.15) is 0 Å². The number of carbonyl (C=O) groups is 2. The number of unbranched alkanes of at least 4 members (excludes halogenated alkanes) is 1. The summed E-state index contributed by atoms with van der Waals surface area (Å²) in [6, 6.07) is 0. The van der Waals surface area contributed by atoms with Gasteiger partial charge in [-0.15, -0.1) is 0 Å². The Morgan fingerprint density at radius 2 is 0.923 bits per heavy atom. The Kier molecular flexibility index (Phi) is 39.7. The van der Waals surface area contributed by atoms with Gasteiger partial charge in [0.15, 0.2) is 0 Å². The fourth-order valence-electron chi connectivity index (χ4n) is 0. The summed E-state index contributed by atoms with van der Waals surface area (Å²) in [5.41, 5.74) is 0. The van der Waals surface area contributed by atoms with Gasteiger partial charge < -0.3 is 30.0 Å². The maximum atomic E-state index is 8.33. The van der Waals surface area contributed by atoms with Crippen molar-refractivity contribution in [1.29, 1.82) is 0 Å². The SMILES string of the molecule is CCCC.O=C([O-])[O-].O=C([O-])[O-].[Pu]. The molecule has 0 heterocycles. The topological polar surface area (TPSA) is 126 Å². The molecule has 0 aliphatic rings. The molecule has 6 nitrogen and oxygen atoms in total. The molecule has 0 aliphatic carbocycles. The molecule has 0 aliphatic heterocycles. The normalized spacial score (nSPS) is 6.00. The molecule has 0 aromatic rings. The summed E-state index contributed by atoms with van der Waals surface area (Å²) in [6.45, 7) is 4.36. The van der Waals surface area contributed by atoms with Crippen molar-refractivity contribution in [3.05, 3.63) is 0 Å². The monoisotopic (exact) mass is 416 g/mol. The molecular weight excluding hydrogens is 412 g/mol. The Labute approximate surface area is 98.1 Å². The summed E-state index contributed by atoms with van der Waals surface area (Å²) < 4.78 is 0. The first-order valence-electron chi connectivity index (χ1n) is 3.14. The van der Waals surface area contributed by atoms with Gasteiger partial charge in [-0.2, -0.15) is 0 Å². The third-order valence-corrected chi connectivity index (χ3v) is 0.500. The van der Waals surface area contributed by atoms with Gasteiger partial charge in [-0.3, -0.25) is 0 Å². The van der Waals surface area contributed by atoms with Gasteiger partial charge in [-0.25, -0.2) is 0 Å². The molecule has 0 unspecified atom stereocenters. The summed E-state index contributed by atoms with van der Waals surface area (Å²) >= 11 is 0. The Bertz CT molecular complexity index is 93.7. The molecule has 0 radical (unpaired) electrons. The Morgan fingerprint density at radius 3 is 0.923 bits per heavy atom. The molecule has 0 atom stereocenters. The molecule has 7 heteroatoms. The average molecular weight is 422 g/mol. The van der Waals surface area contributed by atoms with Gasteiger partial charge in [-0.1, -0.05) is 26.7 Å². The predicted octanol–water partition coefficient (Wildman–Crippen LogP) is -3.09. The molecule has 13 heavy (non-hydrogen) atoms. The number of hydrogen-bond acceptors (Lipinski definition) is 6. The summed E-state index contributed by atoms with van der Waals surface area (Å²) in [5.74, 6) is 0. The van der Waals surface area contributed by atoms with E-state index in [0.717, 1.165) is 0 Å². The van der Waals surface area contributed by atoms with Gasteiger partial charge >= 0.3 is 0 Å². The smallest absolute Gasteiger partial charge is 0 e. The summed E-state index contributed by atoms with van der Waals surface area (Å²) in [5, 5.41) is 33.3. The molecule has 0 aromatic heterocycles. The van der Waals surface area contributed by atoms with Gasteiger partial charge in [0.25, 0.3) is 0 Å². The third kappa shape index (κ3) is 3770. The quantitative estimate of drug-likeness (QED) is 0.441. The van der Waals surface area contributed by atoms with Gasteiger partial charge in [0, 0.05) is 29.2 Å². The van der Waals surface area contributed by atoms with E-state index in [1.807, 2.05) is 0 Å². The van der Waals surface area contributed by atoms with Crippen molar-refractivity contribution in [3.8, 4) is 0 Å². The molecule has 0 bridgehead atoms. The van der Waals surface area contributed by atoms with Crippen molar-refractivity contribution in [3.63, 3.8) is 0 Å². The fraction of sp³-hybridized carbons (Fsp3) is 0.667. The van der Waals surface area contributed by atoms with Crippen LogP contribution in [0, 0.1) is 29.2 Å². The van der Waals surface area contributed by atoms with Crippen LogP contribution in [0.3, 0.4) is 0 Å². The van der Waals surface area contributed by atoms with E-state index in [9.17, 15) is 0 Å². The van der Waals surface area contributed by atoms with Gasteiger partial charge in [-0.05, 0) is 12.3 Å². The largest absolute Gasteiger partial charge is 0.652 e. The van der Waals surface area contributed by atoms with E-state index in [0.29, 0.717) is 0 Å². The molecule has 0 saturated carbocycles. The van der Waals surface area contributed by atoms with Crippen LogP contribution in [0.5, 0.6) is 0 Å². The van der Waals surface area contributed by atoms with Gasteiger partial charge in [0.05, 0.1) is 0 Å². The minimum absolute atomic E-state index is 0. The zero-order valence-electron chi connectivity index (χ0n) is 7.27. The fourth-order valence-corrected chi connectivity index (χ4v) is 0. The second-order valence-electron chi connectivity index (χ2n) is 1.50. The summed E-state index contributed by atoms with van der Waals surface area (Å²) in [4.78, 5) is 16.7. The number of hydrogen-bond donors (Lipinski definition) is 0. The molecule has 80 valence electrons.